The number of hydrogen-bond acceptors (Lipinski definition) is 1. The minimum Gasteiger partial charge on any atom is -0.455 e. The Morgan fingerprint density at radius 3 is 1.61 bits per heavy atom. The normalized spacial score (nSPS) is 11.1. The number of fused-ring (bicyclic) bond motifs is 3. The van der Waals surface area contributed by atoms with Crippen LogP contribution >= 0.6 is 0 Å². The molecule has 1 aromatic heterocycles. The topological polar surface area (TPSA) is 13.1 Å². The van der Waals surface area contributed by atoms with Gasteiger partial charge in [-0.15, -0.1) is 5.92 Å². The maximum Gasteiger partial charge on any atom is 0.139 e. The van der Waals surface area contributed by atoms with Gasteiger partial charge in [-0.1, -0.05) is 5.92 Å². The van der Waals surface area contributed by atoms with Crippen molar-refractivity contribution in [2.75, 3.05) is 0 Å². The third-order valence-electron chi connectivity index (χ3n) is 5.59. The molecule has 118 valence electrons. The van der Waals surface area contributed by atoms with Gasteiger partial charge in [-0.3, -0.25) is 0 Å². The second kappa shape index (κ2) is 5.17. The molecule has 0 amide bonds. The van der Waals surface area contributed by atoms with Crippen LogP contribution in [-0.2, 0) is 0 Å². The largest absolute Gasteiger partial charge is 0.455 e. The molecule has 1 heteroatoms. The van der Waals surface area contributed by atoms with Crippen molar-refractivity contribution in [3.05, 3.63) is 44.5 Å². The molecule has 0 fully saturated rings. The molecule has 3 aromatic rings. The smallest absolute Gasteiger partial charge is 0.139 e. The van der Waals surface area contributed by atoms with Crippen LogP contribution in [0.2, 0.25) is 0 Å². The summed E-state index contributed by atoms with van der Waals surface area (Å²) in [5, 5.41) is 2.54. The highest BCUT2D eigenvalue weighted by atomic mass is 16.3. The minimum atomic E-state index is 0.997. The number of benzene rings is 2. The summed E-state index contributed by atoms with van der Waals surface area (Å²) < 4.78 is 6.39. The van der Waals surface area contributed by atoms with E-state index in [9.17, 15) is 0 Å². The van der Waals surface area contributed by atoms with Crippen LogP contribution in [0.3, 0.4) is 0 Å². The highest BCUT2D eigenvalue weighted by Gasteiger charge is 2.21. The summed E-state index contributed by atoms with van der Waals surface area (Å²) in [5.74, 6) is 6.30. The molecule has 0 unspecified atom stereocenters. The fourth-order valence-corrected chi connectivity index (χ4v) is 3.68. The van der Waals surface area contributed by atoms with Gasteiger partial charge in [-0.2, -0.15) is 0 Å². The highest BCUT2D eigenvalue weighted by molar-refractivity contribution is 6.11. The molecule has 0 N–H and O–H groups in total. The average Bonchev–Trinajstić information content (AvgIpc) is 2.93. The van der Waals surface area contributed by atoms with Gasteiger partial charge in [0.25, 0.3) is 0 Å². The van der Waals surface area contributed by atoms with E-state index in [0.717, 1.165) is 22.3 Å². The number of rotatable bonds is 0. The van der Waals surface area contributed by atoms with Crippen LogP contribution in [0, 0.1) is 60.3 Å². The molecule has 0 aliphatic heterocycles. The summed E-state index contributed by atoms with van der Waals surface area (Å²) >= 11 is 0. The lowest BCUT2D eigenvalue weighted by Crippen LogP contribution is -1.95. The maximum absolute atomic E-state index is 6.39. The molecule has 1 heterocycles. The lowest BCUT2D eigenvalue weighted by molar-refractivity contribution is 0.661. The van der Waals surface area contributed by atoms with Gasteiger partial charge >= 0.3 is 0 Å². The van der Waals surface area contributed by atoms with Gasteiger partial charge in [0, 0.05) is 21.9 Å². The van der Waals surface area contributed by atoms with Crippen LogP contribution in [0.1, 0.15) is 51.4 Å². The summed E-state index contributed by atoms with van der Waals surface area (Å²) in [7, 11) is 0. The molecular weight excluding hydrogens is 280 g/mol. The van der Waals surface area contributed by atoms with Gasteiger partial charge in [0.05, 0.1) is 0 Å². The Hall–Kier alpha value is -2.20. The molecule has 0 bridgehead atoms. The number of hydrogen-bond donors (Lipinski definition) is 0. The first-order valence-corrected chi connectivity index (χ1v) is 8.16. The molecular formula is C22H24O. The zero-order chi connectivity index (χ0) is 17.0. The van der Waals surface area contributed by atoms with E-state index in [-0.39, 0.29) is 0 Å². The minimum absolute atomic E-state index is 0.997. The fraction of sp³-hybridized carbons (Fsp3) is 0.364. The van der Waals surface area contributed by atoms with E-state index >= 15 is 0 Å². The summed E-state index contributed by atoms with van der Waals surface area (Å²) in [6, 6.07) is 0. The van der Waals surface area contributed by atoms with Crippen molar-refractivity contribution in [1.29, 1.82) is 0 Å². The van der Waals surface area contributed by atoms with Crippen LogP contribution in [0.15, 0.2) is 4.42 Å². The molecule has 0 saturated carbocycles. The van der Waals surface area contributed by atoms with E-state index in [4.69, 9.17) is 4.42 Å². The van der Waals surface area contributed by atoms with Gasteiger partial charge in [0.15, 0.2) is 0 Å². The zero-order valence-electron chi connectivity index (χ0n) is 15.4. The van der Waals surface area contributed by atoms with E-state index in [2.05, 4.69) is 60.3 Å². The third-order valence-corrected chi connectivity index (χ3v) is 5.59. The van der Waals surface area contributed by atoms with Gasteiger partial charge < -0.3 is 4.42 Å². The number of furan rings is 1. The average molecular weight is 304 g/mol. The first-order valence-electron chi connectivity index (χ1n) is 8.16. The zero-order valence-corrected chi connectivity index (χ0v) is 15.4. The summed E-state index contributed by atoms with van der Waals surface area (Å²) in [6.45, 7) is 17.1. The van der Waals surface area contributed by atoms with E-state index in [1.165, 1.54) is 44.2 Å². The van der Waals surface area contributed by atoms with Crippen LogP contribution in [-0.4, -0.2) is 0 Å². The summed E-state index contributed by atoms with van der Waals surface area (Å²) in [6.07, 6.45) is 0. The lowest BCUT2D eigenvalue weighted by atomic mass is 9.90. The van der Waals surface area contributed by atoms with E-state index < -0.39 is 0 Å². The highest BCUT2D eigenvalue weighted by Crippen LogP contribution is 2.41. The first-order chi connectivity index (χ1) is 10.8. The fourth-order valence-electron chi connectivity index (χ4n) is 3.68. The first kappa shape index (κ1) is 15.7. The Balaban J connectivity index is 2.69. The van der Waals surface area contributed by atoms with Crippen molar-refractivity contribution in [3.63, 3.8) is 0 Å². The van der Waals surface area contributed by atoms with E-state index in [1.807, 2.05) is 6.92 Å². The molecule has 0 radical (unpaired) electrons. The second-order valence-electron chi connectivity index (χ2n) is 6.64. The third kappa shape index (κ3) is 1.94. The Labute approximate surface area is 138 Å². The predicted molar refractivity (Wildman–Crippen MR) is 99.4 cm³/mol. The second-order valence-corrected chi connectivity index (χ2v) is 6.64. The van der Waals surface area contributed by atoms with Gasteiger partial charge in [-0.25, -0.2) is 0 Å². The standard InChI is InChI=1S/C22H24O/c1-9-10-18-13(4)15(6)20-19-14(5)11(2)12(3)16(7)21(19)23-22(20)17(18)8/h1-8H3. The molecule has 0 aliphatic rings. The Kier molecular flexibility index (Phi) is 3.52. The lowest BCUT2D eigenvalue weighted by Gasteiger charge is -2.12. The molecule has 0 spiro atoms. The van der Waals surface area contributed by atoms with Crippen LogP contribution in [0.5, 0.6) is 0 Å². The van der Waals surface area contributed by atoms with Crippen molar-refractivity contribution < 1.29 is 4.42 Å². The van der Waals surface area contributed by atoms with Gasteiger partial charge in [0.1, 0.15) is 11.2 Å². The van der Waals surface area contributed by atoms with Crippen molar-refractivity contribution in [2.24, 2.45) is 0 Å². The SMILES string of the molecule is CC#Cc1c(C)c(C)c2c(oc3c(C)c(C)c(C)c(C)c32)c1C. The van der Waals surface area contributed by atoms with Crippen molar-refractivity contribution in [2.45, 2.75) is 55.4 Å². The molecule has 0 atom stereocenters. The molecule has 0 saturated heterocycles. The van der Waals surface area contributed by atoms with Crippen LogP contribution in [0.25, 0.3) is 21.9 Å². The van der Waals surface area contributed by atoms with Crippen molar-refractivity contribution in [1.82, 2.24) is 0 Å². The molecule has 23 heavy (non-hydrogen) atoms. The molecule has 0 aliphatic carbocycles. The number of aryl methyl sites for hydroxylation is 4. The summed E-state index contributed by atoms with van der Waals surface area (Å²) in [4.78, 5) is 0. The van der Waals surface area contributed by atoms with Crippen molar-refractivity contribution >= 4 is 21.9 Å². The Morgan fingerprint density at radius 1 is 0.565 bits per heavy atom. The molecule has 2 aromatic carbocycles. The molecule has 3 rings (SSSR count). The van der Waals surface area contributed by atoms with Crippen LogP contribution < -0.4 is 0 Å². The molecule has 1 nitrogen and oxygen atoms in total. The Bertz CT molecular complexity index is 1030. The quantitative estimate of drug-likeness (QED) is 0.456. The van der Waals surface area contributed by atoms with Crippen LogP contribution in [0.4, 0.5) is 0 Å². The Morgan fingerprint density at radius 2 is 1.04 bits per heavy atom. The van der Waals surface area contributed by atoms with Gasteiger partial charge in [-0.05, 0) is 88.8 Å². The monoisotopic (exact) mass is 304 g/mol. The maximum atomic E-state index is 6.39. The van der Waals surface area contributed by atoms with E-state index in [1.54, 1.807) is 0 Å². The summed E-state index contributed by atoms with van der Waals surface area (Å²) in [5.41, 5.74) is 12.1. The van der Waals surface area contributed by atoms with E-state index in [0.29, 0.717) is 0 Å². The predicted octanol–water partition coefficient (Wildman–Crippen LogP) is 6.12. The van der Waals surface area contributed by atoms with Crippen molar-refractivity contribution in [3.8, 4) is 11.8 Å². The van der Waals surface area contributed by atoms with Gasteiger partial charge in [0.2, 0.25) is 0 Å².